The zero-order valence-electron chi connectivity index (χ0n) is 18.2. The van der Waals surface area contributed by atoms with E-state index in [0.717, 1.165) is 22.2 Å². The molecule has 1 unspecified atom stereocenters. The topological polar surface area (TPSA) is 73.4 Å². The number of halogens is 2. The van der Waals surface area contributed by atoms with Crippen molar-refractivity contribution in [3.63, 3.8) is 0 Å². The normalized spacial score (nSPS) is 17.6. The molecule has 1 saturated heterocycles. The second-order valence-electron chi connectivity index (χ2n) is 8.27. The number of aliphatic hydroxyl groups excluding tert-OH is 1. The number of aromatic amines is 1. The molecule has 5 rings (SSSR count). The lowest BCUT2D eigenvalue weighted by Crippen LogP contribution is -2.29. The highest BCUT2D eigenvalue weighted by molar-refractivity contribution is 6.46. The lowest BCUT2D eigenvalue weighted by atomic mass is 9.93. The molecule has 3 aromatic carbocycles. The van der Waals surface area contributed by atoms with Gasteiger partial charge in [-0.3, -0.25) is 9.59 Å². The molecule has 170 valence electrons. The van der Waals surface area contributed by atoms with E-state index in [1.807, 2.05) is 31.2 Å². The Kier molecular flexibility index (Phi) is 5.46. The maximum absolute atomic E-state index is 13.5. The van der Waals surface area contributed by atoms with E-state index in [1.165, 1.54) is 17.0 Å². The minimum atomic E-state index is -0.836. The van der Waals surface area contributed by atoms with Crippen molar-refractivity contribution in [2.75, 3.05) is 0 Å². The maximum Gasteiger partial charge on any atom is 0.295 e. The summed E-state index contributed by atoms with van der Waals surface area (Å²) in [5.41, 5.74) is 3.41. The summed E-state index contributed by atoms with van der Waals surface area (Å²) < 4.78 is 13.5. The summed E-state index contributed by atoms with van der Waals surface area (Å²) >= 11 is 5.99. The van der Waals surface area contributed by atoms with Gasteiger partial charge >= 0.3 is 0 Å². The van der Waals surface area contributed by atoms with Crippen LogP contribution in [0.2, 0.25) is 5.02 Å². The van der Waals surface area contributed by atoms with Crippen LogP contribution in [0.25, 0.3) is 16.7 Å². The standard InChI is InChI=1S/C27H20ClFN2O3/c1-15-22(20-4-2-3-5-21(20)30-15)24-23(25(32)17-8-10-18(28)11-9-17)26(33)27(34)31(24)14-16-6-12-19(29)13-7-16/h2-13,24,30,32H,14H2,1H3/b25-23+. The van der Waals surface area contributed by atoms with Crippen molar-refractivity contribution in [3.05, 3.63) is 112 Å². The summed E-state index contributed by atoms with van der Waals surface area (Å²) in [4.78, 5) is 31.3. The van der Waals surface area contributed by atoms with Gasteiger partial charge in [-0.05, 0) is 55.0 Å². The Bertz CT molecular complexity index is 1460. The number of benzene rings is 3. The van der Waals surface area contributed by atoms with Gasteiger partial charge < -0.3 is 15.0 Å². The number of carbonyl (C=O) groups excluding carboxylic acids is 2. The number of para-hydroxylation sites is 1. The van der Waals surface area contributed by atoms with Crippen molar-refractivity contribution in [3.8, 4) is 0 Å². The number of hydrogen-bond donors (Lipinski definition) is 2. The van der Waals surface area contributed by atoms with Gasteiger partial charge in [0.15, 0.2) is 0 Å². The number of hydrogen-bond acceptors (Lipinski definition) is 3. The van der Waals surface area contributed by atoms with Crippen LogP contribution in [-0.2, 0) is 16.1 Å². The van der Waals surface area contributed by atoms with Crippen LogP contribution in [0.5, 0.6) is 0 Å². The van der Waals surface area contributed by atoms with Crippen LogP contribution in [0.15, 0.2) is 78.4 Å². The van der Waals surface area contributed by atoms with Crippen LogP contribution in [0.1, 0.15) is 28.4 Å². The van der Waals surface area contributed by atoms with Crippen LogP contribution in [-0.4, -0.2) is 26.7 Å². The van der Waals surface area contributed by atoms with E-state index in [4.69, 9.17) is 11.6 Å². The van der Waals surface area contributed by atoms with Crippen molar-refractivity contribution in [1.82, 2.24) is 9.88 Å². The van der Waals surface area contributed by atoms with Crippen LogP contribution >= 0.6 is 11.6 Å². The van der Waals surface area contributed by atoms with Gasteiger partial charge in [0.1, 0.15) is 11.6 Å². The SMILES string of the molecule is Cc1[nH]c2ccccc2c1C1/C(=C(\O)c2ccc(Cl)cc2)C(=O)C(=O)N1Cc1ccc(F)cc1. The molecule has 0 aliphatic carbocycles. The minimum absolute atomic E-state index is 0.00212. The number of carbonyl (C=O) groups is 2. The summed E-state index contributed by atoms with van der Waals surface area (Å²) in [5.74, 6) is -2.16. The van der Waals surface area contributed by atoms with Crippen molar-refractivity contribution in [2.24, 2.45) is 0 Å². The smallest absolute Gasteiger partial charge is 0.295 e. The number of aliphatic hydroxyl groups is 1. The van der Waals surface area contributed by atoms with E-state index in [9.17, 15) is 19.1 Å². The lowest BCUT2D eigenvalue weighted by molar-refractivity contribution is -0.140. The van der Waals surface area contributed by atoms with Crippen molar-refractivity contribution in [1.29, 1.82) is 0 Å². The third kappa shape index (κ3) is 3.66. The van der Waals surface area contributed by atoms with Gasteiger partial charge in [-0.25, -0.2) is 4.39 Å². The summed E-state index contributed by atoms with van der Waals surface area (Å²) in [6, 6.07) is 19.0. The van der Waals surface area contributed by atoms with Gasteiger partial charge in [-0.15, -0.1) is 0 Å². The predicted molar refractivity (Wildman–Crippen MR) is 129 cm³/mol. The number of likely N-dealkylation sites (tertiary alicyclic amines) is 1. The van der Waals surface area contributed by atoms with E-state index in [0.29, 0.717) is 16.1 Å². The molecule has 1 fully saturated rings. The minimum Gasteiger partial charge on any atom is -0.507 e. The fraction of sp³-hybridized carbons (Fsp3) is 0.111. The fourth-order valence-electron chi connectivity index (χ4n) is 4.54. The number of amides is 1. The molecular weight excluding hydrogens is 455 g/mol. The second-order valence-corrected chi connectivity index (χ2v) is 8.71. The molecule has 1 aliphatic heterocycles. The quantitative estimate of drug-likeness (QED) is 0.220. The van der Waals surface area contributed by atoms with Gasteiger partial charge in [-0.1, -0.05) is 41.9 Å². The molecule has 2 heterocycles. The molecule has 34 heavy (non-hydrogen) atoms. The average molecular weight is 475 g/mol. The summed E-state index contributed by atoms with van der Waals surface area (Å²) in [5, 5.41) is 12.6. The van der Waals surface area contributed by atoms with Gasteiger partial charge in [-0.2, -0.15) is 0 Å². The average Bonchev–Trinajstić information content (AvgIpc) is 3.28. The van der Waals surface area contributed by atoms with E-state index in [1.54, 1.807) is 36.4 Å². The maximum atomic E-state index is 13.5. The molecule has 0 bridgehead atoms. The Morgan fingerprint density at radius 3 is 2.41 bits per heavy atom. The first-order valence-electron chi connectivity index (χ1n) is 10.7. The number of fused-ring (bicyclic) bond motifs is 1. The molecule has 2 N–H and O–H groups in total. The number of rotatable bonds is 4. The van der Waals surface area contributed by atoms with E-state index in [-0.39, 0.29) is 17.9 Å². The van der Waals surface area contributed by atoms with E-state index >= 15 is 0 Å². The highest BCUT2D eigenvalue weighted by Gasteiger charge is 2.47. The number of nitrogens with zero attached hydrogens (tertiary/aromatic N) is 1. The first kappa shape index (κ1) is 21.9. The van der Waals surface area contributed by atoms with Crippen LogP contribution in [0, 0.1) is 12.7 Å². The Morgan fingerprint density at radius 2 is 1.71 bits per heavy atom. The largest absolute Gasteiger partial charge is 0.507 e. The van der Waals surface area contributed by atoms with Crippen molar-refractivity contribution < 1.29 is 19.1 Å². The van der Waals surface area contributed by atoms with Crippen LogP contribution in [0.4, 0.5) is 4.39 Å². The molecule has 1 aliphatic rings. The van der Waals surface area contributed by atoms with Crippen LogP contribution < -0.4 is 0 Å². The van der Waals surface area contributed by atoms with Gasteiger partial charge in [0.05, 0.1) is 11.6 Å². The molecule has 5 nitrogen and oxygen atoms in total. The van der Waals surface area contributed by atoms with E-state index in [2.05, 4.69) is 4.98 Å². The molecule has 0 spiro atoms. The third-order valence-electron chi connectivity index (χ3n) is 6.14. The molecule has 1 amide bonds. The monoisotopic (exact) mass is 474 g/mol. The fourth-order valence-corrected chi connectivity index (χ4v) is 4.67. The predicted octanol–water partition coefficient (Wildman–Crippen LogP) is 5.89. The molecule has 4 aromatic rings. The van der Waals surface area contributed by atoms with E-state index < -0.39 is 23.5 Å². The second kappa shape index (κ2) is 8.47. The molecular formula is C27H20ClFN2O3. The lowest BCUT2D eigenvalue weighted by Gasteiger charge is -2.26. The number of nitrogens with one attached hydrogen (secondary N) is 1. The Balaban J connectivity index is 1.73. The van der Waals surface area contributed by atoms with Gasteiger partial charge in [0, 0.05) is 39.3 Å². The Morgan fingerprint density at radius 1 is 1.03 bits per heavy atom. The molecule has 1 aromatic heterocycles. The molecule has 0 radical (unpaired) electrons. The highest BCUT2D eigenvalue weighted by atomic mass is 35.5. The molecule has 0 saturated carbocycles. The number of H-pyrrole nitrogens is 1. The van der Waals surface area contributed by atoms with Crippen LogP contribution in [0.3, 0.4) is 0 Å². The molecule has 1 atom stereocenters. The summed E-state index contributed by atoms with van der Waals surface area (Å²) in [7, 11) is 0. The van der Waals surface area contributed by atoms with Gasteiger partial charge in [0.25, 0.3) is 11.7 Å². The first-order chi connectivity index (χ1) is 16.3. The Labute approximate surface area is 200 Å². The number of Topliss-reactive ketones (excluding diaryl/α,β-unsaturated/α-hetero) is 1. The first-order valence-corrected chi connectivity index (χ1v) is 11.1. The number of aromatic nitrogens is 1. The summed E-state index contributed by atoms with van der Waals surface area (Å²) in [6.45, 7) is 1.95. The third-order valence-corrected chi connectivity index (χ3v) is 6.39. The van der Waals surface area contributed by atoms with Crippen molar-refractivity contribution >= 4 is 40.0 Å². The highest BCUT2D eigenvalue weighted by Crippen LogP contribution is 2.44. The number of aryl methyl sites for hydroxylation is 1. The summed E-state index contributed by atoms with van der Waals surface area (Å²) in [6.07, 6.45) is 0. The Hall–Kier alpha value is -3.90. The van der Waals surface area contributed by atoms with Gasteiger partial charge in [0.2, 0.25) is 0 Å². The zero-order chi connectivity index (χ0) is 24.0. The zero-order valence-corrected chi connectivity index (χ0v) is 18.9. The number of ketones is 1. The van der Waals surface area contributed by atoms with Crippen molar-refractivity contribution in [2.45, 2.75) is 19.5 Å². The molecule has 7 heteroatoms.